The summed E-state index contributed by atoms with van der Waals surface area (Å²) in [7, 11) is 0. The van der Waals surface area contributed by atoms with E-state index in [1.54, 1.807) is 11.0 Å². The third kappa shape index (κ3) is 3.06. The molecule has 23 heavy (non-hydrogen) atoms. The lowest BCUT2D eigenvalue weighted by Crippen LogP contribution is -2.49. The van der Waals surface area contributed by atoms with Crippen molar-refractivity contribution in [2.24, 2.45) is 11.8 Å². The van der Waals surface area contributed by atoms with Gasteiger partial charge in [0.15, 0.2) is 0 Å². The molecule has 3 rings (SSSR count). The van der Waals surface area contributed by atoms with Gasteiger partial charge in [-0.1, -0.05) is 25.1 Å². The van der Waals surface area contributed by atoms with Gasteiger partial charge in [-0.3, -0.25) is 14.4 Å². The van der Waals surface area contributed by atoms with Crippen molar-refractivity contribution in [3.05, 3.63) is 35.4 Å². The maximum atomic E-state index is 12.5. The second-order valence-electron chi connectivity index (χ2n) is 6.49. The fourth-order valence-electron chi connectivity index (χ4n) is 3.44. The predicted octanol–water partition coefficient (Wildman–Crippen LogP) is 1.21. The van der Waals surface area contributed by atoms with Crippen LogP contribution in [0.1, 0.15) is 29.3 Å². The van der Waals surface area contributed by atoms with Crippen LogP contribution in [0, 0.1) is 11.8 Å². The normalized spacial score (nSPS) is 23.8. The lowest BCUT2D eigenvalue weighted by molar-refractivity contribution is -0.147. The van der Waals surface area contributed by atoms with Crippen LogP contribution in [0.5, 0.6) is 0 Å². The molecule has 0 spiro atoms. The smallest absolute Gasteiger partial charge is 0.308 e. The minimum atomic E-state index is -0.862. The highest BCUT2D eigenvalue weighted by molar-refractivity contribution is 6.00. The van der Waals surface area contributed by atoms with Gasteiger partial charge in [-0.05, 0) is 24.0 Å². The van der Waals surface area contributed by atoms with Gasteiger partial charge in [-0.2, -0.15) is 0 Å². The Bertz CT molecular complexity index is 658. The molecule has 2 aliphatic rings. The van der Waals surface area contributed by atoms with Crippen molar-refractivity contribution in [1.82, 2.24) is 9.80 Å². The van der Waals surface area contributed by atoms with E-state index in [0.29, 0.717) is 25.1 Å². The number of amides is 2. The summed E-state index contributed by atoms with van der Waals surface area (Å²) in [5, 5.41) is 9.20. The Morgan fingerprint density at radius 1 is 1.26 bits per heavy atom. The number of carboxylic acids is 1. The zero-order valence-electron chi connectivity index (χ0n) is 13.1. The maximum absolute atomic E-state index is 12.5. The quantitative estimate of drug-likeness (QED) is 0.909. The zero-order valence-corrected chi connectivity index (χ0v) is 13.1. The number of piperidine rings is 1. The van der Waals surface area contributed by atoms with Crippen molar-refractivity contribution in [1.29, 1.82) is 0 Å². The van der Waals surface area contributed by atoms with Gasteiger partial charge >= 0.3 is 5.97 Å². The standard InChI is InChI=1S/C17H20N2O4/c1-11-6-13(17(22)23)9-18(7-11)15(20)10-19-8-12-4-2-3-5-14(12)16(19)21/h2-5,11,13H,6-10H2,1H3,(H,22,23). The highest BCUT2D eigenvalue weighted by atomic mass is 16.4. The number of carbonyl (C=O) groups excluding carboxylic acids is 2. The summed E-state index contributed by atoms with van der Waals surface area (Å²) < 4.78 is 0. The number of benzene rings is 1. The molecule has 0 aliphatic carbocycles. The third-order valence-corrected chi connectivity index (χ3v) is 4.58. The Kier molecular flexibility index (Phi) is 4.07. The van der Waals surface area contributed by atoms with Crippen LogP contribution in [0.2, 0.25) is 0 Å². The first-order chi connectivity index (χ1) is 11.0. The molecule has 1 saturated heterocycles. The molecule has 6 nitrogen and oxygen atoms in total. The lowest BCUT2D eigenvalue weighted by Gasteiger charge is -2.35. The van der Waals surface area contributed by atoms with Crippen molar-refractivity contribution >= 4 is 17.8 Å². The summed E-state index contributed by atoms with van der Waals surface area (Å²) in [5.74, 6) is -1.54. The molecule has 6 heteroatoms. The van der Waals surface area contributed by atoms with Gasteiger partial charge in [-0.25, -0.2) is 0 Å². The number of carboxylic acid groups (broad SMARTS) is 1. The minimum absolute atomic E-state index is 0.00652. The zero-order chi connectivity index (χ0) is 16.6. The molecule has 1 aromatic carbocycles. The van der Waals surface area contributed by atoms with Crippen LogP contribution >= 0.6 is 0 Å². The SMILES string of the molecule is CC1CC(C(=O)O)CN(C(=O)CN2Cc3ccccc3C2=O)C1. The molecule has 122 valence electrons. The third-order valence-electron chi connectivity index (χ3n) is 4.58. The molecule has 0 saturated carbocycles. The molecule has 2 atom stereocenters. The molecular weight excluding hydrogens is 296 g/mol. The highest BCUT2D eigenvalue weighted by Gasteiger charge is 2.34. The molecule has 0 aromatic heterocycles. The first-order valence-corrected chi connectivity index (χ1v) is 7.83. The topological polar surface area (TPSA) is 77.9 Å². The molecule has 2 heterocycles. The van der Waals surface area contributed by atoms with Gasteiger partial charge < -0.3 is 14.9 Å². The molecule has 0 bridgehead atoms. The number of fused-ring (bicyclic) bond motifs is 1. The Hall–Kier alpha value is -2.37. The first kappa shape index (κ1) is 15.5. The van der Waals surface area contributed by atoms with Gasteiger partial charge in [-0.15, -0.1) is 0 Å². The van der Waals surface area contributed by atoms with Crippen LogP contribution in [-0.4, -0.2) is 52.3 Å². The van der Waals surface area contributed by atoms with Crippen molar-refractivity contribution < 1.29 is 19.5 Å². The average molecular weight is 316 g/mol. The Morgan fingerprint density at radius 3 is 2.70 bits per heavy atom. The minimum Gasteiger partial charge on any atom is -0.481 e. The summed E-state index contributed by atoms with van der Waals surface area (Å²) in [6, 6.07) is 7.35. The lowest BCUT2D eigenvalue weighted by atomic mass is 9.90. The van der Waals surface area contributed by atoms with Crippen molar-refractivity contribution in [3.8, 4) is 0 Å². The summed E-state index contributed by atoms with van der Waals surface area (Å²) in [6.45, 7) is 3.18. The van der Waals surface area contributed by atoms with Crippen LogP contribution in [-0.2, 0) is 16.1 Å². The van der Waals surface area contributed by atoms with Crippen LogP contribution in [0.3, 0.4) is 0 Å². The first-order valence-electron chi connectivity index (χ1n) is 7.83. The maximum Gasteiger partial charge on any atom is 0.308 e. The molecule has 2 amide bonds. The molecule has 1 aromatic rings. The molecule has 1 N–H and O–H groups in total. The largest absolute Gasteiger partial charge is 0.481 e. The van der Waals surface area contributed by atoms with E-state index >= 15 is 0 Å². The van der Waals surface area contributed by atoms with E-state index in [1.807, 2.05) is 25.1 Å². The number of rotatable bonds is 3. The van der Waals surface area contributed by atoms with Crippen molar-refractivity contribution in [3.63, 3.8) is 0 Å². The van der Waals surface area contributed by atoms with Gasteiger partial charge in [0.2, 0.25) is 5.91 Å². The summed E-state index contributed by atoms with van der Waals surface area (Å²) in [5.41, 5.74) is 1.58. The van der Waals surface area contributed by atoms with Crippen molar-refractivity contribution in [2.75, 3.05) is 19.6 Å². The van der Waals surface area contributed by atoms with E-state index in [0.717, 1.165) is 5.56 Å². The van der Waals surface area contributed by atoms with Gasteiger partial charge in [0.25, 0.3) is 5.91 Å². The number of aliphatic carboxylic acids is 1. The number of hydrogen-bond donors (Lipinski definition) is 1. The second-order valence-corrected chi connectivity index (χ2v) is 6.49. The van der Waals surface area contributed by atoms with Gasteiger partial charge in [0, 0.05) is 25.2 Å². The number of likely N-dealkylation sites (tertiary alicyclic amines) is 1. The molecule has 1 fully saturated rings. The average Bonchev–Trinajstić information content (AvgIpc) is 2.83. The Labute approximate surface area is 134 Å². The highest BCUT2D eigenvalue weighted by Crippen LogP contribution is 2.24. The predicted molar refractivity (Wildman–Crippen MR) is 82.7 cm³/mol. The van der Waals surface area contributed by atoms with E-state index < -0.39 is 11.9 Å². The fraction of sp³-hybridized carbons (Fsp3) is 0.471. The molecule has 0 radical (unpaired) electrons. The monoisotopic (exact) mass is 316 g/mol. The van der Waals surface area contributed by atoms with Crippen LogP contribution in [0.25, 0.3) is 0 Å². The van der Waals surface area contributed by atoms with Crippen LogP contribution in [0.4, 0.5) is 0 Å². The summed E-state index contributed by atoms with van der Waals surface area (Å²) in [4.78, 5) is 39.1. The van der Waals surface area contributed by atoms with E-state index in [2.05, 4.69) is 0 Å². The number of nitrogens with zero attached hydrogens (tertiary/aromatic N) is 2. The van der Waals surface area contributed by atoms with E-state index in [1.165, 1.54) is 4.90 Å². The van der Waals surface area contributed by atoms with Crippen LogP contribution < -0.4 is 0 Å². The van der Waals surface area contributed by atoms with Gasteiger partial charge in [0.05, 0.1) is 5.92 Å². The van der Waals surface area contributed by atoms with Crippen LogP contribution in [0.15, 0.2) is 24.3 Å². The Morgan fingerprint density at radius 2 is 2.00 bits per heavy atom. The van der Waals surface area contributed by atoms with E-state index in [9.17, 15) is 19.5 Å². The number of hydrogen-bond acceptors (Lipinski definition) is 3. The van der Waals surface area contributed by atoms with E-state index in [-0.39, 0.29) is 30.8 Å². The van der Waals surface area contributed by atoms with Gasteiger partial charge in [0.1, 0.15) is 6.54 Å². The number of carbonyl (C=O) groups is 3. The second kappa shape index (κ2) is 6.02. The van der Waals surface area contributed by atoms with E-state index in [4.69, 9.17) is 0 Å². The molecule has 2 unspecified atom stereocenters. The van der Waals surface area contributed by atoms with Crippen molar-refractivity contribution in [2.45, 2.75) is 19.9 Å². The summed E-state index contributed by atoms with van der Waals surface area (Å²) >= 11 is 0. The fourth-order valence-corrected chi connectivity index (χ4v) is 3.44. The Balaban J connectivity index is 1.66. The molecule has 2 aliphatic heterocycles. The molecular formula is C17H20N2O4. The summed E-state index contributed by atoms with van der Waals surface area (Å²) in [6.07, 6.45) is 0.590.